The average molecular weight is 245 g/mol. The Kier molecular flexibility index (Phi) is 5.19. The van der Waals surface area contributed by atoms with Gasteiger partial charge in [-0.3, -0.25) is 11.3 Å². The lowest BCUT2D eigenvalue weighted by Crippen LogP contribution is -2.37. The molecule has 0 aliphatic heterocycles. The molecule has 90 valence electrons. The molecular formula is C12H18ClFN2. The number of nitrogens with two attached hydrogens (primary N) is 1. The van der Waals surface area contributed by atoms with Crippen LogP contribution in [0, 0.1) is 11.7 Å². The number of benzene rings is 1. The molecule has 0 aromatic heterocycles. The molecule has 4 heteroatoms. The smallest absolute Gasteiger partial charge is 0.142 e. The van der Waals surface area contributed by atoms with E-state index in [1.165, 1.54) is 6.07 Å². The first-order valence-corrected chi connectivity index (χ1v) is 5.80. The molecule has 0 bridgehead atoms. The van der Waals surface area contributed by atoms with Gasteiger partial charge in [0.2, 0.25) is 0 Å². The summed E-state index contributed by atoms with van der Waals surface area (Å²) in [6.07, 6.45) is 1.67. The fraction of sp³-hybridized carbons (Fsp3) is 0.500. The molecule has 3 N–H and O–H groups in total. The lowest BCUT2D eigenvalue weighted by molar-refractivity contribution is 0.422. The third kappa shape index (κ3) is 4.08. The highest BCUT2D eigenvalue weighted by Crippen LogP contribution is 2.17. The Balaban J connectivity index is 2.66. The largest absolute Gasteiger partial charge is 0.271 e. The van der Waals surface area contributed by atoms with Crippen LogP contribution >= 0.6 is 11.6 Å². The lowest BCUT2D eigenvalue weighted by Gasteiger charge is -2.18. The maximum atomic E-state index is 13.2. The van der Waals surface area contributed by atoms with Crippen LogP contribution in [0.5, 0.6) is 0 Å². The van der Waals surface area contributed by atoms with Crippen molar-refractivity contribution in [2.24, 2.45) is 11.8 Å². The van der Waals surface area contributed by atoms with Crippen LogP contribution in [-0.4, -0.2) is 6.04 Å². The monoisotopic (exact) mass is 244 g/mol. The van der Waals surface area contributed by atoms with Gasteiger partial charge in [-0.1, -0.05) is 31.5 Å². The molecule has 16 heavy (non-hydrogen) atoms. The summed E-state index contributed by atoms with van der Waals surface area (Å²) in [5.41, 5.74) is 3.67. The Hall–Kier alpha value is -0.640. The van der Waals surface area contributed by atoms with Crippen molar-refractivity contribution < 1.29 is 4.39 Å². The fourth-order valence-corrected chi connectivity index (χ4v) is 1.85. The molecule has 0 saturated heterocycles. The average Bonchev–Trinajstić information content (AvgIpc) is 2.22. The predicted octanol–water partition coefficient (Wildman–Crippen LogP) is 2.90. The van der Waals surface area contributed by atoms with Crippen molar-refractivity contribution in [2.75, 3.05) is 0 Å². The first-order valence-electron chi connectivity index (χ1n) is 5.43. The third-order valence-corrected chi connectivity index (χ3v) is 2.76. The van der Waals surface area contributed by atoms with Crippen molar-refractivity contribution in [3.8, 4) is 0 Å². The third-order valence-electron chi connectivity index (χ3n) is 2.46. The van der Waals surface area contributed by atoms with Gasteiger partial charge in [-0.05, 0) is 36.5 Å². The molecule has 0 saturated carbocycles. The molecule has 0 aliphatic rings. The number of halogens is 2. The molecule has 1 aromatic rings. The van der Waals surface area contributed by atoms with E-state index in [9.17, 15) is 4.39 Å². The highest BCUT2D eigenvalue weighted by Gasteiger charge is 2.11. The zero-order valence-electron chi connectivity index (χ0n) is 9.63. The van der Waals surface area contributed by atoms with Crippen molar-refractivity contribution in [3.05, 3.63) is 34.6 Å². The van der Waals surface area contributed by atoms with Crippen LogP contribution in [0.25, 0.3) is 0 Å². The van der Waals surface area contributed by atoms with Crippen LogP contribution in [0.2, 0.25) is 5.02 Å². The molecule has 0 radical (unpaired) electrons. The minimum absolute atomic E-state index is 0.157. The minimum atomic E-state index is -0.375. The zero-order valence-corrected chi connectivity index (χ0v) is 10.4. The van der Waals surface area contributed by atoms with Crippen LogP contribution < -0.4 is 11.3 Å². The maximum absolute atomic E-state index is 13.2. The second-order valence-corrected chi connectivity index (χ2v) is 4.85. The Morgan fingerprint density at radius 3 is 2.62 bits per heavy atom. The van der Waals surface area contributed by atoms with Gasteiger partial charge in [0.15, 0.2) is 0 Å². The molecular weight excluding hydrogens is 227 g/mol. The van der Waals surface area contributed by atoms with Crippen molar-refractivity contribution >= 4 is 11.6 Å². The van der Waals surface area contributed by atoms with Gasteiger partial charge >= 0.3 is 0 Å². The predicted molar refractivity (Wildman–Crippen MR) is 65.7 cm³/mol. The van der Waals surface area contributed by atoms with Crippen LogP contribution in [0.4, 0.5) is 4.39 Å². The van der Waals surface area contributed by atoms with E-state index in [0.29, 0.717) is 12.3 Å². The van der Waals surface area contributed by atoms with Crippen molar-refractivity contribution in [1.82, 2.24) is 5.43 Å². The summed E-state index contributed by atoms with van der Waals surface area (Å²) < 4.78 is 13.2. The summed E-state index contributed by atoms with van der Waals surface area (Å²) in [6, 6.07) is 5.04. The summed E-state index contributed by atoms with van der Waals surface area (Å²) >= 11 is 5.62. The molecule has 1 aromatic carbocycles. The summed E-state index contributed by atoms with van der Waals surface area (Å²) in [6.45, 7) is 4.26. The Labute approximate surface area is 101 Å². The second-order valence-electron chi connectivity index (χ2n) is 4.45. The van der Waals surface area contributed by atoms with Gasteiger partial charge in [0, 0.05) is 6.04 Å². The van der Waals surface area contributed by atoms with Crippen LogP contribution in [-0.2, 0) is 6.42 Å². The van der Waals surface area contributed by atoms with E-state index >= 15 is 0 Å². The van der Waals surface area contributed by atoms with Gasteiger partial charge < -0.3 is 0 Å². The Bertz CT molecular complexity index is 342. The van der Waals surface area contributed by atoms with Crippen LogP contribution in [0.3, 0.4) is 0 Å². The summed E-state index contributed by atoms with van der Waals surface area (Å²) in [4.78, 5) is 0. The highest BCUT2D eigenvalue weighted by molar-refractivity contribution is 6.30. The number of hydrazine groups is 1. The maximum Gasteiger partial charge on any atom is 0.142 e. The quantitative estimate of drug-likeness (QED) is 0.618. The second kappa shape index (κ2) is 6.18. The normalized spacial score (nSPS) is 13.1. The zero-order chi connectivity index (χ0) is 12.1. The van der Waals surface area contributed by atoms with E-state index in [4.69, 9.17) is 17.4 Å². The van der Waals surface area contributed by atoms with E-state index in [0.717, 1.165) is 12.0 Å². The Morgan fingerprint density at radius 2 is 2.12 bits per heavy atom. The number of hydrogen-bond donors (Lipinski definition) is 2. The number of rotatable bonds is 5. The van der Waals surface area contributed by atoms with Gasteiger partial charge in [-0.15, -0.1) is 0 Å². The lowest BCUT2D eigenvalue weighted by atomic mass is 9.98. The van der Waals surface area contributed by atoms with Gasteiger partial charge in [0.1, 0.15) is 5.82 Å². The van der Waals surface area contributed by atoms with E-state index in [1.807, 2.05) is 6.07 Å². The number of nitrogens with one attached hydrogen (secondary N) is 1. The van der Waals surface area contributed by atoms with Crippen LogP contribution in [0.15, 0.2) is 18.2 Å². The summed E-state index contributed by atoms with van der Waals surface area (Å²) in [5, 5.41) is 0.157. The summed E-state index contributed by atoms with van der Waals surface area (Å²) in [5.74, 6) is 5.65. The molecule has 2 nitrogen and oxygen atoms in total. The molecule has 0 heterocycles. The van der Waals surface area contributed by atoms with E-state index in [-0.39, 0.29) is 16.9 Å². The summed E-state index contributed by atoms with van der Waals surface area (Å²) in [7, 11) is 0. The number of hydrogen-bond acceptors (Lipinski definition) is 2. The molecule has 1 atom stereocenters. The molecule has 1 unspecified atom stereocenters. The van der Waals surface area contributed by atoms with Gasteiger partial charge in [0.05, 0.1) is 5.02 Å². The van der Waals surface area contributed by atoms with Gasteiger partial charge in [-0.25, -0.2) is 4.39 Å². The molecule has 1 rings (SSSR count). The van der Waals surface area contributed by atoms with Crippen molar-refractivity contribution in [2.45, 2.75) is 32.7 Å². The van der Waals surface area contributed by atoms with Gasteiger partial charge in [0.25, 0.3) is 0 Å². The molecule has 0 amide bonds. The first-order chi connectivity index (χ1) is 7.52. The fourth-order valence-electron chi connectivity index (χ4n) is 1.73. The standard InChI is InChI=1S/C12H18ClFN2/c1-8(2)5-10(16-15)6-9-3-4-11(13)12(14)7-9/h3-4,7-8,10,16H,5-6,15H2,1-2H3. The highest BCUT2D eigenvalue weighted by atomic mass is 35.5. The van der Waals surface area contributed by atoms with Crippen molar-refractivity contribution in [3.63, 3.8) is 0 Å². The topological polar surface area (TPSA) is 38.0 Å². The van der Waals surface area contributed by atoms with Crippen molar-refractivity contribution in [1.29, 1.82) is 0 Å². The van der Waals surface area contributed by atoms with Crippen LogP contribution in [0.1, 0.15) is 25.8 Å². The Morgan fingerprint density at radius 1 is 1.44 bits per heavy atom. The van der Waals surface area contributed by atoms with E-state index in [2.05, 4.69) is 19.3 Å². The SMILES string of the molecule is CC(C)CC(Cc1ccc(Cl)c(F)c1)NN. The van der Waals surface area contributed by atoms with Gasteiger partial charge in [-0.2, -0.15) is 0 Å². The molecule has 0 aliphatic carbocycles. The van der Waals surface area contributed by atoms with E-state index < -0.39 is 0 Å². The van der Waals surface area contributed by atoms with E-state index in [1.54, 1.807) is 6.07 Å². The first kappa shape index (κ1) is 13.4. The molecule has 0 spiro atoms. The minimum Gasteiger partial charge on any atom is -0.271 e. The molecule has 0 fully saturated rings.